The molecule has 20 heavy (non-hydrogen) atoms. The Labute approximate surface area is 123 Å². The van der Waals surface area contributed by atoms with Crippen LogP contribution in [0.4, 0.5) is 0 Å². The van der Waals surface area contributed by atoms with Crippen LogP contribution < -0.4 is 0 Å². The first kappa shape index (κ1) is 14.7. The molecular weight excluding hydrogens is 268 g/mol. The van der Waals surface area contributed by atoms with Crippen molar-refractivity contribution in [3.05, 3.63) is 63.4 Å². The van der Waals surface area contributed by atoms with Crippen molar-refractivity contribution in [3.63, 3.8) is 0 Å². The minimum absolute atomic E-state index is 0.0555. The maximum absolute atomic E-state index is 12.0. The predicted molar refractivity (Wildman–Crippen MR) is 84.4 cm³/mol. The molecule has 2 nitrogen and oxygen atoms in total. The van der Waals surface area contributed by atoms with Gasteiger partial charge in [-0.05, 0) is 25.5 Å². The zero-order chi connectivity index (χ0) is 14.4. The average molecular weight is 286 g/mol. The van der Waals surface area contributed by atoms with Crippen molar-refractivity contribution < 1.29 is 9.53 Å². The minimum Gasteiger partial charge on any atom is -0.369 e. The zero-order valence-corrected chi connectivity index (χ0v) is 12.6. The number of carbonyl (C=O) groups excluding carboxylic acids is 1. The molecule has 0 aliphatic heterocycles. The number of carbonyl (C=O) groups is 1. The van der Waals surface area contributed by atoms with Crippen LogP contribution in [0.5, 0.6) is 0 Å². The third kappa shape index (κ3) is 4.15. The zero-order valence-electron chi connectivity index (χ0n) is 11.8. The van der Waals surface area contributed by atoms with Crippen molar-refractivity contribution in [2.75, 3.05) is 13.2 Å². The van der Waals surface area contributed by atoms with Crippen molar-refractivity contribution in [1.29, 1.82) is 0 Å². The first-order valence-corrected chi connectivity index (χ1v) is 7.38. The van der Waals surface area contributed by atoms with Gasteiger partial charge in [0.05, 0.1) is 6.61 Å². The molecule has 0 amide bonds. The molecule has 1 aromatic carbocycles. The summed E-state index contributed by atoms with van der Waals surface area (Å²) < 4.78 is 5.40. The van der Waals surface area contributed by atoms with Gasteiger partial charge in [-0.3, -0.25) is 4.79 Å². The second-order valence-electron chi connectivity index (χ2n) is 4.58. The Morgan fingerprint density at radius 1 is 1.25 bits per heavy atom. The van der Waals surface area contributed by atoms with E-state index in [1.165, 1.54) is 0 Å². The monoisotopic (exact) mass is 286 g/mol. The normalized spacial score (nSPS) is 11.1. The fraction of sp³-hybridized carbons (Fsp3) is 0.235. The third-order valence-electron chi connectivity index (χ3n) is 2.90. The smallest absolute Gasteiger partial charge is 0.189 e. The first-order chi connectivity index (χ1) is 9.66. The van der Waals surface area contributed by atoms with E-state index in [4.69, 9.17) is 4.74 Å². The summed E-state index contributed by atoms with van der Waals surface area (Å²) in [4.78, 5) is 14.2. The Bertz CT molecular complexity index is 597. The molecule has 1 heterocycles. The minimum atomic E-state index is 0.0555. The number of rotatable bonds is 6. The number of thiophene rings is 1. The number of benzene rings is 1. The fourth-order valence-corrected chi connectivity index (χ4v) is 2.90. The molecule has 0 spiro atoms. The highest BCUT2D eigenvalue weighted by Crippen LogP contribution is 2.20. The van der Waals surface area contributed by atoms with Crippen molar-refractivity contribution in [2.45, 2.75) is 13.8 Å². The molecule has 0 unspecified atom stereocenters. The van der Waals surface area contributed by atoms with Crippen LogP contribution in [0.15, 0.2) is 42.5 Å². The lowest BCUT2D eigenvalue weighted by atomic mass is 10.2. The van der Waals surface area contributed by atoms with E-state index in [9.17, 15) is 4.79 Å². The van der Waals surface area contributed by atoms with Gasteiger partial charge in [0.1, 0.15) is 6.61 Å². The molecule has 0 radical (unpaired) electrons. The van der Waals surface area contributed by atoms with Crippen LogP contribution in [0, 0.1) is 13.8 Å². The van der Waals surface area contributed by atoms with Crippen LogP contribution in [0.3, 0.4) is 0 Å². The van der Waals surface area contributed by atoms with Gasteiger partial charge in [0, 0.05) is 15.3 Å². The summed E-state index contributed by atoms with van der Waals surface area (Å²) >= 11 is 1.65. The first-order valence-electron chi connectivity index (χ1n) is 6.56. The molecule has 1 aromatic heterocycles. The standard InChI is InChI=1S/C17H18O2S/c1-13-11-16(14(2)20-13)17(18)12-19-10-6-9-15-7-4-3-5-8-15/h3-9,11H,10,12H2,1-2H3. The Kier molecular flexibility index (Phi) is 5.27. The van der Waals surface area contributed by atoms with E-state index in [1.54, 1.807) is 11.3 Å². The topological polar surface area (TPSA) is 26.3 Å². The van der Waals surface area contributed by atoms with Gasteiger partial charge in [0.2, 0.25) is 0 Å². The second-order valence-corrected chi connectivity index (χ2v) is 6.04. The van der Waals surface area contributed by atoms with Crippen molar-refractivity contribution in [1.82, 2.24) is 0 Å². The number of hydrogen-bond donors (Lipinski definition) is 0. The Hall–Kier alpha value is -1.71. The Morgan fingerprint density at radius 3 is 2.65 bits per heavy atom. The van der Waals surface area contributed by atoms with Crippen LogP contribution >= 0.6 is 11.3 Å². The van der Waals surface area contributed by atoms with Gasteiger partial charge in [0.25, 0.3) is 0 Å². The summed E-state index contributed by atoms with van der Waals surface area (Å²) in [6.45, 7) is 4.57. The van der Waals surface area contributed by atoms with E-state index in [0.717, 1.165) is 20.9 Å². The lowest BCUT2D eigenvalue weighted by Gasteiger charge is -2.00. The van der Waals surface area contributed by atoms with E-state index in [2.05, 4.69) is 0 Å². The van der Waals surface area contributed by atoms with Crippen molar-refractivity contribution in [3.8, 4) is 0 Å². The van der Waals surface area contributed by atoms with Gasteiger partial charge < -0.3 is 4.74 Å². The SMILES string of the molecule is Cc1cc(C(=O)COCC=Cc2ccccc2)c(C)s1. The summed E-state index contributed by atoms with van der Waals surface area (Å²) in [6, 6.07) is 12.0. The van der Waals surface area contributed by atoms with Crippen LogP contribution in [0.1, 0.15) is 25.7 Å². The number of ketones is 1. The molecule has 0 N–H and O–H groups in total. The van der Waals surface area contributed by atoms with Crippen LogP contribution in [-0.2, 0) is 4.74 Å². The van der Waals surface area contributed by atoms with E-state index < -0.39 is 0 Å². The predicted octanol–water partition coefficient (Wildman–Crippen LogP) is 4.28. The Balaban J connectivity index is 1.77. The van der Waals surface area contributed by atoms with Crippen LogP contribution in [-0.4, -0.2) is 19.0 Å². The van der Waals surface area contributed by atoms with E-state index in [-0.39, 0.29) is 12.4 Å². The second kappa shape index (κ2) is 7.17. The largest absolute Gasteiger partial charge is 0.369 e. The van der Waals surface area contributed by atoms with Gasteiger partial charge in [-0.2, -0.15) is 0 Å². The molecule has 0 fully saturated rings. The average Bonchev–Trinajstić information content (AvgIpc) is 2.78. The van der Waals surface area contributed by atoms with Gasteiger partial charge in [0.15, 0.2) is 5.78 Å². The highest BCUT2D eigenvalue weighted by Gasteiger charge is 2.11. The van der Waals surface area contributed by atoms with Crippen LogP contribution in [0.2, 0.25) is 0 Å². The van der Waals surface area contributed by atoms with Crippen molar-refractivity contribution in [2.24, 2.45) is 0 Å². The lowest BCUT2D eigenvalue weighted by Crippen LogP contribution is -2.09. The maximum Gasteiger partial charge on any atom is 0.189 e. The molecule has 104 valence electrons. The molecular formula is C17H18O2S. The summed E-state index contributed by atoms with van der Waals surface area (Å²) in [6.07, 6.45) is 3.92. The number of Topliss-reactive ketones (excluding diaryl/α,β-unsaturated/α-hetero) is 1. The van der Waals surface area contributed by atoms with Gasteiger partial charge >= 0.3 is 0 Å². The number of ether oxygens (including phenoxy) is 1. The summed E-state index contributed by atoms with van der Waals surface area (Å²) in [5, 5.41) is 0. The molecule has 2 rings (SSSR count). The van der Waals surface area contributed by atoms with Gasteiger partial charge in [-0.15, -0.1) is 11.3 Å². The van der Waals surface area contributed by atoms with Gasteiger partial charge in [-0.25, -0.2) is 0 Å². The highest BCUT2D eigenvalue weighted by atomic mass is 32.1. The summed E-state index contributed by atoms with van der Waals surface area (Å²) in [7, 11) is 0. The lowest BCUT2D eigenvalue weighted by molar-refractivity contribution is 0.0806. The van der Waals surface area contributed by atoms with E-state index in [0.29, 0.717) is 6.61 Å². The number of hydrogen-bond acceptors (Lipinski definition) is 3. The third-order valence-corrected chi connectivity index (χ3v) is 3.86. The maximum atomic E-state index is 12.0. The molecule has 0 saturated heterocycles. The Morgan fingerprint density at radius 2 is 2.00 bits per heavy atom. The van der Waals surface area contributed by atoms with E-state index >= 15 is 0 Å². The quantitative estimate of drug-likeness (QED) is 0.585. The van der Waals surface area contributed by atoms with Gasteiger partial charge in [-0.1, -0.05) is 42.5 Å². The number of aryl methyl sites for hydroxylation is 2. The molecule has 0 aliphatic carbocycles. The van der Waals surface area contributed by atoms with E-state index in [1.807, 2.05) is 62.4 Å². The molecule has 0 atom stereocenters. The summed E-state index contributed by atoms with van der Waals surface area (Å²) in [5.74, 6) is 0.0555. The molecule has 0 bridgehead atoms. The van der Waals surface area contributed by atoms with Crippen LogP contribution in [0.25, 0.3) is 6.08 Å². The summed E-state index contributed by atoms with van der Waals surface area (Å²) in [5.41, 5.74) is 1.92. The fourth-order valence-electron chi connectivity index (χ4n) is 1.95. The molecule has 2 aromatic rings. The molecule has 0 aliphatic rings. The molecule has 3 heteroatoms. The highest BCUT2D eigenvalue weighted by molar-refractivity contribution is 7.12. The van der Waals surface area contributed by atoms with Crippen molar-refractivity contribution >= 4 is 23.2 Å². The molecule has 0 saturated carbocycles.